The van der Waals surface area contributed by atoms with Gasteiger partial charge in [0.2, 0.25) is 5.91 Å². The molecule has 8 heteroatoms. The van der Waals surface area contributed by atoms with E-state index in [9.17, 15) is 4.79 Å². The molecule has 0 aromatic carbocycles. The second-order valence-electron chi connectivity index (χ2n) is 7.18. The van der Waals surface area contributed by atoms with Gasteiger partial charge < -0.3 is 20.4 Å². The quantitative estimate of drug-likeness (QED) is 0.395. The highest BCUT2D eigenvalue weighted by molar-refractivity contribution is 14.0. The SMILES string of the molecule is CN=C(NCCC(=O)N1CCN(c2ccccn2)CC1)NC(C)(C)C.I. The van der Waals surface area contributed by atoms with Gasteiger partial charge in [0.25, 0.3) is 0 Å². The van der Waals surface area contributed by atoms with Crippen LogP contribution in [0.15, 0.2) is 29.4 Å². The number of halogens is 1. The lowest BCUT2D eigenvalue weighted by Gasteiger charge is -2.35. The van der Waals surface area contributed by atoms with Crippen molar-refractivity contribution in [1.29, 1.82) is 0 Å². The zero-order valence-electron chi connectivity index (χ0n) is 16.2. The number of hydrogen-bond donors (Lipinski definition) is 2. The van der Waals surface area contributed by atoms with Crippen LogP contribution in [0.4, 0.5) is 5.82 Å². The van der Waals surface area contributed by atoms with Gasteiger partial charge in [-0.05, 0) is 32.9 Å². The first-order chi connectivity index (χ1) is 11.9. The second-order valence-corrected chi connectivity index (χ2v) is 7.18. The number of amides is 1. The summed E-state index contributed by atoms with van der Waals surface area (Å²) in [6.07, 6.45) is 2.27. The van der Waals surface area contributed by atoms with E-state index in [2.05, 4.69) is 46.3 Å². The minimum absolute atomic E-state index is 0. The third-order valence-electron chi connectivity index (χ3n) is 3.95. The zero-order chi connectivity index (χ0) is 18.3. The topological polar surface area (TPSA) is 72.9 Å². The molecule has 2 heterocycles. The molecule has 2 rings (SSSR count). The molecule has 1 fully saturated rings. The summed E-state index contributed by atoms with van der Waals surface area (Å²) < 4.78 is 0. The van der Waals surface area contributed by atoms with Crippen molar-refractivity contribution in [3.8, 4) is 0 Å². The Kier molecular flexibility index (Phi) is 9.11. The summed E-state index contributed by atoms with van der Waals surface area (Å²) in [4.78, 5) is 25.1. The average molecular weight is 474 g/mol. The fraction of sp³-hybridized carbons (Fsp3) is 0.611. The van der Waals surface area contributed by atoms with Gasteiger partial charge in [0.1, 0.15) is 5.82 Å². The third-order valence-corrected chi connectivity index (χ3v) is 3.95. The number of aliphatic imine (C=N–C) groups is 1. The van der Waals surface area contributed by atoms with Crippen LogP contribution in [0.1, 0.15) is 27.2 Å². The van der Waals surface area contributed by atoms with Crippen LogP contribution in [0.5, 0.6) is 0 Å². The number of piperazine rings is 1. The third kappa shape index (κ3) is 7.35. The van der Waals surface area contributed by atoms with Gasteiger partial charge in [-0.1, -0.05) is 6.07 Å². The van der Waals surface area contributed by atoms with Crippen molar-refractivity contribution in [2.45, 2.75) is 32.7 Å². The van der Waals surface area contributed by atoms with Gasteiger partial charge in [0.15, 0.2) is 5.96 Å². The largest absolute Gasteiger partial charge is 0.356 e. The van der Waals surface area contributed by atoms with Crippen LogP contribution in [0.3, 0.4) is 0 Å². The predicted molar refractivity (Wildman–Crippen MR) is 117 cm³/mol. The maximum atomic E-state index is 12.4. The van der Waals surface area contributed by atoms with Crippen molar-refractivity contribution in [2.75, 3.05) is 44.7 Å². The molecule has 1 saturated heterocycles. The molecule has 1 aromatic heterocycles. The van der Waals surface area contributed by atoms with E-state index in [1.54, 1.807) is 13.2 Å². The molecule has 146 valence electrons. The fourth-order valence-electron chi connectivity index (χ4n) is 2.71. The zero-order valence-corrected chi connectivity index (χ0v) is 18.5. The molecule has 0 radical (unpaired) electrons. The second kappa shape index (κ2) is 10.5. The van der Waals surface area contributed by atoms with Crippen molar-refractivity contribution in [3.05, 3.63) is 24.4 Å². The monoisotopic (exact) mass is 474 g/mol. The van der Waals surface area contributed by atoms with Gasteiger partial charge >= 0.3 is 0 Å². The van der Waals surface area contributed by atoms with E-state index in [-0.39, 0.29) is 35.4 Å². The Morgan fingerprint density at radius 2 is 1.92 bits per heavy atom. The summed E-state index contributed by atoms with van der Waals surface area (Å²) in [7, 11) is 1.74. The highest BCUT2D eigenvalue weighted by atomic mass is 127. The number of carbonyl (C=O) groups excluding carboxylic acids is 1. The van der Waals surface area contributed by atoms with Crippen molar-refractivity contribution >= 4 is 41.7 Å². The number of aromatic nitrogens is 1. The molecule has 0 bridgehead atoms. The van der Waals surface area contributed by atoms with Crippen molar-refractivity contribution < 1.29 is 4.79 Å². The Morgan fingerprint density at radius 1 is 1.23 bits per heavy atom. The number of guanidine groups is 1. The van der Waals surface area contributed by atoms with Crippen LogP contribution in [-0.2, 0) is 4.79 Å². The number of carbonyl (C=O) groups is 1. The van der Waals surface area contributed by atoms with Crippen LogP contribution >= 0.6 is 24.0 Å². The van der Waals surface area contributed by atoms with Gasteiger partial charge in [-0.15, -0.1) is 24.0 Å². The summed E-state index contributed by atoms with van der Waals surface area (Å²) in [5.74, 6) is 1.88. The molecule has 1 aliphatic rings. The highest BCUT2D eigenvalue weighted by Crippen LogP contribution is 2.12. The number of rotatable bonds is 4. The molecule has 0 spiro atoms. The predicted octanol–water partition coefficient (Wildman–Crippen LogP) is 1.70. The first kappa shape index (κ1) is 22.5. The maximum absolute atomic E-state index is 12.4. The van der Waals surface area contributed by atoms with E-state index in [0.717, 1.165) is 38.0 Å². The first-order valence-corrected chi connectivity index (χ1v) is 8.81. The van der Waals surface area contributed by atoms with Gasteiger partial charge in [-0.2, -0.15) is 0 Å². The molecule has 1 amide bonds. The molecule has 0 aliphatic carbocycles. The molecule has 0 atom stereocenters. The summed E-state index contributed by atoms with van der Waals surface area (Å²) in [5, 5.41) is 6.49. The lowest BCUT2D eigenvalue weighted by molar-refractivity contribution is -0.131. The Morgan fingerprint density at radius 3 is 2.46 bits per heavy atom. The first-order valence-electron chi connectivity index (χ1n) is 8.81. The summed E-state index contributed by atoms with van der Waals surface area (Å²) in [6.45, 7) is 9.93. The van der Waals surface area contributed by atoms with Crippen LogP contribution in [-0.4, -0.2) is 67.1 Å². The van der Waals surface area contributed by atoms with Gasteiger partial charge in [0.05, 0.1) is 0 Å². The smallest absolute Gasteiger partial charge is 0.224 e. The van der Waals surface area contributed by atoms with E-state index < -0.39 is 0 Å². The Hall–Kier alpha value is -1.58. The summed E-state index contributed by atoms with van der Waals surface area (Å²) in [5.41, 5.74) is -0.0619. The normalized spacial score (nSPS) is 15.3. The molecule has 0 saturated carbocycles. The summed E-state index contributed by atoms with van der Waals surface area (Å²) in [6, 6.07) is 5.91. The lowest BCUT2D eigenvalue weighted by Crippen LogP contribution is -2.50. The molecular formula is C18H31IN6O. The minimum Gasteiger partial charge on any atom is -0.356 e. The number of nitrogens with one attached hydrogen (secondary N) is 2. The van der Waals surface area contributed by atoms with Gasteiger partial charge in [-0.25, -0.2) is 4.98 Å². The molecule has 26 heavy (non-hydrogen) atoms. The van der Waals surface area contributed by atoms with E-state index in [0.29, 0.717) is 13.0 Å². The molecule has 1 aliphatic heterocycles. The van der Waals surface area contributed by atoms with Crippen LogP contribution < -0.4 is 15.5 Å². The number of anilines is 1. The van der Waals surface area contributed by atoms with Crippen LogP contribution in [0, 0.1) is 0 Å². The van der Waals surface area contributed by atoms with Crippen LogP contribution in [0.2, 0.25) is 0 Å². The molecule has 0 unspecified atom stereocenters. The van der Waals surface area contributed by atoms with Crippen molar-refractivity contribution in [2.24, 2.45) is 4.99 Å². The minimum atomic E-state index is -0.0619. The number of hydrogen-bond acceptors (Lipinski definition) is 4. The van der Waals surface area contributed by atoms with E-state index >= 15 is 0 Å². The lowest BCUT2D eigenvalue weighted by atomic mass is 10.1. The van der Waals surface area contributed by atoms with E-state index in [1.807, 2.05) is 23.1 Å². The Labute approximate surface area is 173 Å². The maximum Gasteiger partial charge on any atom is 0.224 e. The Bertz CT molecular complexity index is 579. The number of nitrogens with zero attached hydrogens (tertiary/aromatic N) is 4. The molecule has 7 nitrogen and oxygen atoms in total. The Balaban J connectivity index is 0.00000338. The molecule has 1 aromatic rings. The standard InChI is InChI=1S/C18H30N6O.HI/c1-18(2,3)22-17(19-4)21-10-8-16(25)24-13-11-23(12-14-24)15-7-5-6-9-20-15;/h5-7,9H,8,10-14H2,1-4H3,(H2,19,21,22);1H. The molecule has 2 N–H and O–H groups in total. The number of pyridine rings is 1. The van der Waals surface area contributed by atoms with E-state index in [4.69, 9.17) is 0 Å². The van der Waals surface area contributed by atoms with Crippen molar-refractivity contribution in [3.63, 3.8) is 0 Å². The van der Waals surface area contributed by atoms with E-state index in [1.165, 1.54) is 0 Å². The highest BCUT2D eigenvalue weighted by Gasteiger charge is 2.21. The van der Waals surface area contributed by atoms with Gasteiger partial charge in [0, 0.05) is 57.9 Å². The fourth-order valence-corrected chi connectivity index (χ4v) is 2.71. The van der Waals surface area contributed by atoms with Crippen LogP contribution in [0.25, 0.3) is 0 Å². The van der Waals surface area contributed by atoms with Gasteiger partial charge in [-0.3, -0.25) is 9.79 Å². The van der Waals surface area contributed by atoms with Crippen molar-refractivity contribution in [1.82, 2.24) is 20.5 Å². The average Bonchev–Trinajstić information content (AvgIpc) is 2.60. The summed E-state index contributed by atoms with van der Waals surface area (Å²) >= 11 is 0. The molecular weight excluding hydrogens is 443 g/mol.